The second kappa shape index (κ2) is 8.30. The number of hydrogen-bond donors (Lipinski definition) is 1. The fraction of sp³-hybridized carbons (Fsp3) is 0.167. The zero-order chi connectivity index (χ0) is 18.4. The SMILES string of the molecule is COc1ccc(OCC(=O)Nc2nc(-c3cccc(OC)c3)ns2)cc1. The van der Waals surface area contributed by atoms with Crippen LogP contribution in [0.15, 0.2) is 48.5 Å². The molecule has 26 heavy (non-hydrogen) atoms. The summed E-state index contributed by atoms with van der Waals surface area (Å²) in [5, 5.41) is 3.09. The normalized spacial score (nSPS) is 10.2. The van der Waals surface area contributed by atoms with Crippen molar-refractivity contribution >= 4 is 22.6 Å². The predicted octanol–water partition coefficient (Wildman–Crippen LogP) is 3.24. The summed E-state index contributed by atoms with van der Waals surface area (Å²) in [5.74, 6) is 2.24. The number of nitrogens with zero attached hydrogens (tertiary/aromatic N) is 2. The van der Waals surface area contributed by atoms with Gasteiger partial charge in [0, 0.05) is 17.1 Å². The van der Waals surface area contributed by atoms with Crippen LogP contribution in [0.4, 0.5) is 5.13 Å². The fourth-order valence-corrected chi connectivity index (χ4v) is 2.74. The number of amides is 1. The summed E-state index contributed by atoms with van der Waals surface area (Å²) in [6, 6.07) is 14.4. The van der Waals surface area contributed by atoms with E-state index in [0.717, 1.165) is 28.6 Å². The van der Waals surface area contributed by atoms with Crippen molar-refractivity contribution in [2.75, 3.05) is 26.1 Å². The van der Waals surface area contributed by atoms with Crippen molar-refractivity contribution in [1.29, 1.82) is 0 Å². The Balaban J connectivity index is 1.56. The molecule has 0 fully saturated rings. The minimum absolute atomic E-state index is 0.125. The topological polar surface area (TPSA) is 82.6 Å². The van der Waals surface area contributed by atoms with Crippen molar-refractivity contribution in [2.45, 2.75) is 0 Å². The molecule has 1 N–H and O–H groups in total. The molecule has 1 amide bonds. The Morgan fingerprint density at radius 1 is 1.04 bits per heavy atom. The molecular formula is C18H17N3O4S. The van der Waals surface area contributed by atoms with E-state index >= 15 is 0 Å². The summed E-state index contributed by atoms with van der Waals surface area (Å²) in [7, 11) is 3.19. The van der Waals surface area contributed by atoms with E-state index in [1.54, 1.807) is 38.5 Å². The van der Waals surface area contributed by atoms with Crippen LogP contribution in [0.25, 0.3) is 11.4 Å². The first-order valence-electron chi connectivity index (χ1n) is 7.73. The van der Waals surface area contributed by atoms with E-state index in [0.29, 0.717) is 16.7 Å². The summed E-state index contributed by atoms with van der Waals surface area (Å²) >= 11 is 1.11. The number of carbonyl (C=O) groups excluding carboxylic acids is 1. The molecular weight excluding hydrogens is 354 g/mol. The second-order valence-corrected chi connectivity index (χ2v) is 5.92. The van der Waals surface area contributed by atoms with Gasteiger partial charge in [0.2, 0.25) is 5.13 Å². The highest BCUT2D eigenvalue weighted by atomic mass is 32.1. The minimum atomic E-state index is -0.311. The third-order valence-corrected chi connectivity index (χ3v) is 4.06. The van der Waals surface area contributed by atoms with Crippen LogP contribution in [0.2, 0.25) is 0 Å². The molecule has 7 nitrogen and oxygen atoms in total. The third kappa shape index (κ3) is 4.48. The molecule has 0 spiro atoms. The molecule has 0 aliphatic rings. The summed E-state index contributed by atoms with van der Waals surface area (Å²) in [6.45, 7) is -0.125. The monoisotopic (exact) mass is 371 g/mol. The van der Waals surface area contributed by atoms with Gasteiger partial charge in [0.25, 0.3) is 5.91 Å². The van der Waals surface area contributed by atoms with Crippen LogP contribution < -0.4 is 19.5 Å². The average molecular weight is 371 g/mol. The summed E-state index contributed by atoms with van der Waals surface area (Å²) in [6.07, 6.45) is 0. The maximum Gasteiger partial charge on any atom is 0.264 e. The fourth-order valence-electron chi connectivity index (χ4n) is 2.13. The number of nitrogens with one attached hydrogen (secondary N) is 1. The van der Waals surface area contributed by atoms with Crippen molar-refractivity contribution in [3.05, 3.63) is 48.5 Å². The van der Waals surface area contributed by atoms with Crippen molar-refractivity contribution in [1.82, 2.24) is 9.36 Å². The maximum atomic E-state index is 12.0. The van der Waals surface area contributed by atoms with E-state index in [4.69, 9.17) is 14.2 Å². The molecule has 0 saturated carbocycles. The van der Waals surface area contributed by atoms with Crippen LogP contribution in [0, 0.1) is 0 Å². The smallest absolute Gasteiger partial charge is 0.264 e. The van der Waals surface area contributed by atoms with Crippen LogP contribution in [-0.2, 0) is 4.79 Å². The molecule has 1 heterocycles. The lowest BCUT2D eigenvalue weighted by Gasteiger charge is -2.06. The van der Waals surface area contributed by atoms with Gasteiger partial charge in [-0.1, -0.05) is 12.1 Å². The van der Waals surface area contributed by atoms with Gasteiger partial charge in [0.15, 0.2) is 12.4 Å². The van der Waals surface area contributed by atoms with E-state index in [1.165, 1.54) is 0 Å². The summed E-state index contributed by atoms with van der Waals surface area (Å²) in [5.41, 5.74) is 0.815. The molecule has 134 valence electrons. The van der Waals surface area contributed by atoms with Crippen LogP contribution in [0.5, 0.6) is 17.2 Å². The highest BCUT2D eigenvalue weighted by molar-refractivity contribution is 7.10. The van der Waals surface area contributed by atoms with E-state index in [2.05, 4.69) is 14.7 Å². The van der Waals surface area contributed by atoms with Gasteiger partial charge in [0.1, 0.15) is 17.2 Å². The van der Waals surface area contributed by atoms with Crippen LogP contribution in [0.3, 0.4) is 0 Å². The Hall–Kier alpha value is -3.13. The average Bonchev–Trinajstić information content (AvgIpc) is 3.15. The first-order chi connectivity index (χ1) is 12.7. The zero-order valence-corrected chi connectivity index (χ0v) is 15.1. The Labute approximate surface area is 154 Å². The lowest BCUT2D eigenvalue weighted by atomic mass is 10.2. The molecule has 0 radical (unpaired) electrons. The zero-order valence-electron chi connectivity index (χ0n) is 14.3. The van der Waals surface area contributed by atoms with Gasteiger partial charge >= 0.3 is 0 Å². The summed E-state index contributed by atoms with van der Waals surface area (Å²) in [4.78, 5) is 16.3. The predicted molar refractivity (Wildman–Crippen MR) is 99.0 cm³/mol. The Kier molecular flexibility index (Phi) is 5.65. The van der Waals surface area contributed by atoms with Gasteiger partial charge in [-0.05, 0) is 36.4 Å². The molecule has 3 aromatic rings. The largest absolute Gasteiger partial charge is 0.497 e. The molecule has 0 aliphatic heterocycles. The summed E-state index contributed by atoms with van der Waals surface area (Å²) < 4.78 is 20.0. The van der Waals surface area contributed by atoms with Crippen molar-refractivity contribution < 1.29 is 19.0 Å². The molecule has 0 aliphatic carbocycles. The number of ether oxygens (including phenoxy) is 3. The highest BCUT2D eigenvalue weighted by Gasteiger charge is 2.11. The van der Waals surface area contributed by atoms with Gasteiger partial charge in [-0.15, -0.1) is 0 Å². The van der Waals surface area contributed by atoms with E-state index < -0.39 is 0 Å². The first-order valence-corrected chi connectivity index (χ1v) is 8.50. The Morgan fingerprint density at radius 3 is 2.50 bits per heavy atom. The second-order valence-electron chi connectivity index (χ2n) is 5.17. The quantitative estimate of drug-likeness (QED) is 0.687. The van der Waals surface area contributed by atoms with Gasteiger partial charge in [0.05, 0.1) is 14.2 Å². The number of aromatic nitrogens is 2. The number of benzene rings is 2. The molecule has 0 unspecified atom stereocenters. The van der Waals surface area contributed by atoms with E-state index in [-0.39, 0.29) is 12.5 Å². The first kappa shape index (κ1) is 17.7. The Bertz CT molecular complexity index is 880. The third-order valence-electron chi connectivity index (χ3n) is 3.43. The van der Waals surface area contributed by atoms with Crippen LogP contribution >= 0.6 is 11.5 Å². The van der Waals surface area contributed by atoms with Crippen LogP contribution in [-0.4, -0.2) is 36.1 Å². The standard InChI is InChI=1S/C18H17N3O4S/c1-23-13-6-8-14(9-7-13)25-11-16(22)19-18-20-17(21-26-18)12-4-3-5-15(10-12)24-2/h3-10H,11H2,1-2H3,(H,19,20,21,22). The highest BCUT2D eigenvalue weighted by Crippen LogP contribution is 2.24. The van der Waals surface area contributed by atoms with Crippen molar-refractivity contribution in [3.8, 4) is 28.6 Å². The number of anilines is 1. The van der Waals surface area contributed by atoms with Crippen molar-refractivity contribution in [2.24, 2.45) is 0 Å². The van der Waals surface area contributed by atoms with Gasteiger partial charge in [-0.2, -0.15) is 9.36 Å². The molecule has 0 atom stereocenters. The maximum absolute atomic E-state index is 12.0. The molecule has 3 rings (SSSR count). The number of methoxy groups -OCH3 is 2. The van der Waals surface area contributed by atoms with Gasteiger partial charge < -0.3 is 14.2 Å². The van der Waals surface area contributed by atoms with Crippen molar-refractivity contribution in [3.63, 3.8) is 0 Å². The molecule has 1 aromatic heterocycles. The van der Waals surface area contributed by atoms with Gasteiger partial charge in [-0.3, -0.25) is 10.1 Å². The molecule has 2 aromatic carbocycles. The number of rotatable bonds is 7. The lowest BCUT2D eigenvalue weighted by molar-refractivity contribution is -0.118. The molecule has 0 saturated heterocycles. The van der Waals surface area contributed by atoms with E-state index in [1.807, 2.05) is 24.3 Å². The number of hydrogen-bond acceptors (Lipinski definition) is 7. The molecule has 0 bridgehead atoms. The number of carbonyl (C=O) groups is 1. The Morgan fingerprint density at radius 2 is 1.77 bits per heavy atom. The minimum Gasteiger partial charge on any atom is -0.497 e. The molecule has 8 heteroatoms. The van der Waals surface area contributed by atoms with E-state index in [9.17, 15) is 4.79 Å². The van der Waals surface area contributed by atoms with Gasteiger partial charge in [-0.25, -0.2) is 0 Å². The lowest BCUT2D eigenvalue weighted by Crippen LogP contribution is -2.20. The van der Waals surface area contributed by atoms with Crippen LogP contribution in [0.1, 0.15) is 0 Å².